The van der Waals surface area contributed by atoms with Crippen molar-refractivity contribution in [3.8, 4) is 0 Å². The first-order valence-electron chi connectivity index (χ1n) is 9.08. The van der Waals surface area contributed by atoms with Crippen LogP contribution in [-0.4, -0.2) is 60.6 Å². The summed E-state index contributed by atoms with van der Waals surface area (Å²) in [5.74, 6) is 0.750. The van der Waals surface area contributed by atoms with E-state index in [2.05, 4.69) is 30.6 Å². The van der Waals surface area contributed by atoms with Gasteiger partial charge in [-0.05, 0) is 18.6 Å². The quantitative estimate of drug-likeness (QED) is 0.314. The number of hydrogen-bond donors (Lipinski definition) is 2. The number of carbonyl (C=O) groups excluding carboxylic acids is 1. The Bertz CT molecular complexity index is 1060. The molecule has 0 atom stereocenters. The fourth-order valence-electron chi connectivity index (χ4n) is 2.91. The van der Waals surface area contributed by atoms with Gasteiger partial charge in [-0.1, -0.05) is 41.8 Å². The van der Waals surface area contributed by atoms with E-state index in [9.17, 15) is 9.59 Å². The lowest BCUT2D eigenvalue weighted by Gasteiger charge is -2.22. The number of aromatic amines is 1. The van der Waals surface area contributed by atoms with E-state index in [1.54, 1.807) is 22.6 Å². The van der Waals surface area contributed by atoms with E-state index in [4.69, 9.17) is 4.74 Å². The highest BCUT2D eigenvalue weighted by Crippen LogP contribution is 2.26. The summed E-state index contributed by atoms with van der Waals surface area (Å²) in [5, 5.41) is 16.3. The molecule has 1 aliphatic rings. The number of fused-ring (bicyclic) bond motifs is 1. The van der Waals surface area contributed by atoms with Gasteiger partial charge in [-0.25, -0.2) is 9.67 Å². The molecule has 0 unspecified atom stereocenters. The monoisotopic (exact) mass is 453 g/mol. The van der Waals surface area contributed by atoms with Gasteiger partial charge in [0.25, 0.3) is 5.56 Å². The summed E-state index contributed by atoms with van der Waals surface area (Å²) < 4.78 is 8.01. The number of rotatable bonds is 7. The van der Waals surface area contributed by atoms with E-state index in [-0.39, 0.29) is 23.3 Å². The molecule has 0 aliphatic carbocycles. The minimum atomic E-state index is -0.262. The summed E-state index contributed by atoms with van der Waals surface area (Å²) in [6, 6.07) is 0.157. The molecule has 0 spiro atoms. The van der Waals surface area contributed by atoms with E-state index >= 15 is 0 Å². The van der Waals surface area contributed by atoms with Crippen LogP contribution >= 0.6 is 34.9 Å². The highest BCUT2D eigenvalue weighted by atomic mass is 32.2. The van der Waals surface area contributed by atoms with Gasteiger partial charge in [-0.15, -0.1) is 10.2 Å². The van der Waals surface area contributed by atoms with Crippen LogP contribution in [0.25, 0.3) is 11.0 Å². The molecular formula is C16H19N7O3S3. The lowest BCUT2D eigenvalue weighted by atomic mass is 10.1. The average molecular weight is 454 g/mol. The van der Waals surface area contributed by atoms with Crippen LogP contribution in [0.5, 0.6) is 0 Å². The second-order valence-electron chi connectivity index (χ2n) is 6.18. The zero-order valence-electron chi connectivity index (χ0n) is 15.6. The molecule has 29 heavy (non-hydrogen) atoms. The van der Waals surface area contributed by atoms with Crippen molar-refractivity contribution in [1.29, 1.82) is 0 Å². The fraction of sp³-hybridized carbons (Fsp3) is 0.500. The lowest BCUT2D eigenvalue weighted by Crippen LogP contribution is -2.21. The summed E-state index contributed by atoms with van der Waals surface area (Å²) in [4.78, 5) is 31.9. The first-order valence-corrected chi connectivity index (χ1v) is 11.9. The number of hydrogen-bond acceptors (Lipinski definition) is 10. The second-order valence-corrected chi connectivity index (χ2v) is 9.64. The van der Waals surface area contributed by atoms with Gasteiger partial charge in [0.15, 0.2) is 15.1 Å². The van der Waals surface area contributed by atoms with Gasteiger partial charge in [0, 0.05) is 13.2 Å². The van der Waals surface area contributed by atoms with Crippen molar-refractivity contribution in [3.63, 3.8) is 0 Å². The van der Waals surface area contributed by atoms with E-state index in [1.807, 2.05) is 6.92 Å². The Hall–Kier alpha value is -1.96. The number of thioether (sulfide) groups is 2. The van der Waals surface area contributed by atoms with E-state index < -0.39 is 0 Å². The van der Waals surface area contributed by atoms with Crippen LogP contribution in [0.3, 0.4) is 0 Å². The normalized spacial score (nSPS) is 15.1. The maximum absolute atomic E-state index is 12.4. The summed E-state index contributed by atoms with van der Waals surface area (Å²) in [6.07, 6.45) is 3.20. The molecule has 1 aliphatic heterocycles. The molecule has 3 aromatic rings. The molecule has 0 aromatic carbocycles. The van der Waals surface area contributed by atoms with Crippen LogP contribution in [0.1, 0.15) is 25.8 Å². The molecular weight excluding hydrogens is 434 g/mol. The maximum atomic E-state index is 12.4. The molecule has 1 fully saturated rings. The van der Waals surface area contributed by atoms with Crippen LogP contribution in [0.2, 0.25) is 0 Å². The van der Waals surface area contributed by atoms with Gasteiger partial charge in [0.1, 0.15) is 5.39 Å². The first kappa shape index (κ1) is 20.3. The van der Waals surface area contributed by atoms with Crippen LogP contribution in [0.15, 0.2) is 20.5 Å². The van der Waals surface area contributed by atoms with Crippen molar-refractivity contribution < 1.29 is 9.53 Å². The number of ether oxygens (including phenoxy) is 1. The number of amides is 1. The topological polar surface area (TPSA) is 128 Å². The Kier molecular flexibility index (Phi) is 6.47. The van der Waals surface area contributed by atoms with Gasteiger partial charge in [0.2, 0.25) is 11.0 Å². The van der Waals surface area contributed by atoms with Crippen LogP contribution in [0.4, 0.5) is 5.13 Å². The summed E-state index contributed by atoms with van der Waals surface area (Å²) >= 11 is 4.07. The smallest absolute Gasteiger partial charge is 0.262 e. The molecule has 1 amide bonds. The zero-order valence-corrected chi connectivity index (χ0v) is 18.0. The Balaban J connectivity index is 1.44. The molecule has 0 bridgehead atoms. The van der Waals surface area contributed by atoms with E-state index in [0.29, 0.717) is 34.5 Å². The van der Waals surface area contributed by atoms with Crippen LogP contribution < -0.4 is 10.9 Å². The van der Waals surface area contributed by atoms with Gasteiger partial charge in [-0.2, -0.15) is 5.10 Å². The van der Waals surface area contributed by atoms with E-state index in [1.165, 1.54) is 11.3 Å². The molecule has 3 aromatic heterocycles. The number of anilines is 1. The molecule has 0 saturated carbocycles. The molecule has 1 saturated heterocycles. The first-order chi connectivity index (χ1) is 14.1. The van der Waals surface area contributed by atoms with E-state index in [0.717, 1.165) is 34.7 Å². The highest BCUT2D eigenvalue weighted by Gasteiger charge is 2.21. The predicted molar refractivity (Wildman–Crippen MR) is 113 cm³/mol. The summed E-state index contributed by atoms with van der Waals surface area (Å²) in [7, 11) is 0. The third-order valence-electron chi connectivity index (χ3n) is 4.24. The third-order valence-corrected chi connectivity index (χ3v) is 6.97. The number of nitrogens with zero attached hydrogens (tertiary/aromatic N) is 5. The maximum Gasteiger partial charge on any atom is 0.262 e. The second kappa shape index (κ2) is 9.24. The number of H-pyrrole nitrogens is 1. The van der Waals surface area contributed by atoms with Gasteiger partial charge >= 0.3 is 0 Å². The Morgan fingerprint density at radius 1 is 1.38 bits per heavy atom. The van der Waals surface area contributed by atoms with Crippen molar-refractivity contribution in [2.24, 2.45) is 0 Å². The minimum Gasteiger partial charge on any atom is -0.381 e. The number of carbonyl (C=O) groups is 1. The summed E-state index contributed by atoms with van der Waals surface area (Å²) in [5.41, 5.74) is 0.274. The number of aromatic nitrogens is 6. The zero-order chi connectivity index (χ0) is 20.2. The molecule has 4 rings (SSSR count). The fourth-order valence-corrected chi connectivity index (χ4v) is 5.23. The van der Waals surface area contributed by atoms with Gasteiger partial charge in [-0.3, -0.25) is 14.9 Å². The van der Waals surface area contributed by atoms with Crippen molar-refractivity contribution in [2.45, 2.75) is 35.3 Å². The third kappa shape index (κ3) is 4.79. The minimum absolute atomic E-state index is 0.0929. The van der Waals surface area contributed by atoms with Crippen molar-refractivity contribution in [3.05, 3.63) is 16.6 Å². The van der Waals surface area contributed by atoms with Gasteiger partial charge in [0.05, 0.1) is 18.0 Å². The van der Waals surface area contributed by atoms with Crippen molar-refractivity contribution >= 4 is 56.9 Å². The molecule has 2 N–H and O–H groups in total. The van der Waals surface area contributed by atoms with Crippen LogP contribution in [-0.2, 0) is 9.53 Å². The molecule has 4 heterocycles. The number of nitrogens with one attached hydrogen (secondary N) is 2. The highest BCUT2D eigenvalue weighted by molar-refractivity contribution is 8.01. The molecule has 154 valence electrons. The summed E-state index contributed by atoms with van der Waals surface area (Å²) in [6.45, 7) is 3.36. The largest absolute Gasteiger partial charge is 0.381 e. The van der Waals surface area contributed by atoms with Gasteiger partial charge < -0.3 is 9.72 Å². The predicted octanol–water partition coefficient (Wildman–Crippen LogP) is 2.17. The lowest BCUT2D eigenvalue weighted by molar-refractivity contribution is -0.113. The molecule has 10 nitrogen and oxygen atoms in total. The van der Waals surface area contributed by atoms with Crippen molar-refractivity contribution in [1.82, 2.24) is 29.9 Å². The Labute approximate surface area is 178 Å². The van der Waals surface area contributed by atoms with Crippen LogP contribution in [0, 0.1) is 0 Å². The average Bonchev–Trinajstić information content (AvgIpc) is 3.34. The molecule has 0 radical (unpaired) electrons. The Morgan fingerprint density at radius 2 is 2.21 bits per heavy atom. The standard InChI is InChI=1S/C16H19N7O3S3/c1-2-27-16-22-21-15(29-16)18-11(24)8-28-14-19-12-10(13(25)20-14)7-17-23(12)9-3-5-26-6-4-9/h7,9H,2-6,8H2,1H3,(H,18,21,24)(H,19,20,25). The van der Waals surface area contributed by atoms with Crippen molar-refractivity contribution in [2.75, 3.05) is 30.0 Å². The SMILES string of the molecule is CCSc1nnc(NC(=O)CSc2nc3c(cnn3C3CCOCC3)c(=O)[nH]2)s1. The Morgan fingerprint density at radius 3 is 3.00 bits per heavy atom. The molecule has 13 heteroatoms.